The molecular weight excluding hydrogens is 354 g/mol. The van der Waals surface area contributed by atoms with Gasteiger partial charge >= 0.3 is 0 Å². The lowest BCUT2D eigenvalue weighted by Gasteiger charge is -2.47. The molecule has 0 bridgehead atoms. The number of aliphatic hydroxyl groups excluding tert-OH is 2. The summed E-state index contributed by atoms with van der Waals surface area (Å²) in [5.41, 5.74) is 3.82. The molecule has 2 atom stereocenters. The van der Waals surface area contributed by atoms with Crippen LogP contribution in [0.3, 0.4) is 0 Å². The van der Waals surface area contributed by atoms with Crippen LogP contribution in [0.2, 0.25) is 0 Å². The maximum absolute atomic E-state index is 13.1. The summed E-state index contributed by atoms with van der Waals surface area (Å²) >= 11 is 0. The van der Waals surface area contributed by atoms with Crippen LogP contribution in [0.1, 0.15) is 68.8 Å². The first kappa shape index (κ1) is 20.7. The lowest BCUT2D eigenvalue weighted by molar-refractivity contribution is -0.0669. The predicted octanol–water partition coefficient (Wildman–Crippen LogP) is 2.97. The Morgan fingerprint density at radius 2 is 1.75 bits per heavy atom. The molecule has 0 radical (unpaired) electrons. The van der Waals surface area contributed by atoms with E-state index in [4.69, 9.17) is 0 Å². The summed E-state index contributed by atoms with van der Waals surface area (Å²) < 4.78 is 1.60. The highest BCUT2D eigenvalue weighted by Crippen LogP contribution is 2.41. The minimum Gasteiger partial charge on any atom is -0.390 e. The van der Waals surface area contributed by atoms with Gasteiger partial charge in [0.05, 0.1) is 23.8 Å². The topological polar surface area (TPSA) is 90.3 Å². The molecule has 1 heterocycles. The maximum atomic E-state index is 13.1. The van der Waals surface area contributed by atoms with Gasteiger partial charge in [0.1, 0.15) is 0 Å². The molecule has 28 heavy (non-hydrogen) atoms. The summed E-state index contributed by atoms with van der Waals surface area (Å²) in [5, 5.41) is 28.2. The smallest absolute Gasteiger partial charge is 0.270 e. The molecule has 3 rings (SSSR count). The molecular formula is C22H33N3O3. The van der Waals surface area contributed by atoms with Gasteiger partial charge < -0.3 is 15.5 Å². The first-order chi connectivity index (χ1) is 12.9. The Balaban J connectivity index is 1.92. The van der Waals surface area contributed by atoms with Crippen LogP contribution in [0.4, 0.5) is 5.69 Å². The highest BCUT2D eigenvalue weighted by Gasteiger charge is 2.52. The first-order valence-corrected chi connectivity index (χ1v) is 9.98. The molecule has 1 saturated carbocycles. The van der Waals surface area contributed by atoms with E-state index >= 15 is 0 Å². The molecule has 1 aromatic carbocycles. The number of benzene rings is 1. The summed E-state index contributed by atoms with van der Waals surface area (Å²) in [7, 11) is 0. The van der Waals surface area contributed by atoms with Crippen molar-refractivity contribution in [3.8, 4) is 0 Å². The average Bonchev–Trinajstić information content (AvgIpc) is 2.92. The van der Waals surface area contributed by atoms with Crippen LogP contribution in [0.5, 0.6) is 0 Å². The fourth-order valence-corrected chi connectivity index (χ4v) is 4.07. The summed E-state index contributed by atoms with van der Waals surface area (Å²) in [4.78, 5) is 13.1. The second-order valence-electron chi connectivity index (χ2n) is 9.40. The summed E-state index contributed by atoms with van der Waals surface area (Å²) in [6.45, 7) is 13.9. The van der Waals surface area contributed by atoms with E-state index < -0.39 is 29.7 Å². The largest absolute Gasteiger partial charge is 0.390 e. The lowest BCUT2D eigenvalue weighted by atomic mass is 9.69. The van der Waals surface area contributed by atoms with Crippen LogP contribution in [0.15, 0.2) is 23.0 Å². The van der Waals surface area contributed by atoms with E-state index in [0.29, 0.717) is 5.56 Å². The molecule has 154 valence electrons. The SMILES string of the molecule is Cc1ccc(NC2C(O)C(c3c(C(C)C)[nH]n(C(C)(C)C)c3=O)C2O)c(C)c1. The number of aromatic nitrogens is 2. The van der Waals surface area contributed by atoms with Crippen molar-refractivity contribution in [3.05, 3.63) is 50.9 Å². The molecule has 6 nitrogen and oxygen atoms in total. The van der Waals surface area contributed by atoms with Gasteiger partial charge in [-0.1, -0.05) is 31.5 Å². The maximum Gasteiger partial charge on any atom is 0.270 e. The number of anilines is 1. The van der Waals surface area contributed by atoms with Crippen molar-refractivity contribution in [3.63, 3.8) is 0 Å². The van der Waals surface area contributed by atoms with Gasteiger partial charge in [0.2, 0.25) is 0 Å². The molecule has 0 spiro atoms. The van der Waals surface area contributed by atoms with Crippen LogP contribution in [-0.4, -0.2) is 38.2 Å². The zero-order valence-electron chi connectivity index (χ0n) is 17.9. The van der Waals surface area contributed by atoms with Gasteiger partial charge in [-0.05, 0) is 52.2 Å². The Kier molecular flexibility index (Phi) is 5.23. The van der Waals surface area contributed by atoms with Crippen molar-refractivity contribution < 1.29 is 10.2 Å². The summed E-state index contributed by atoms with van der Waals surface area (Å²) in [6.07, 6.45) is -1.68. The number of nitrogens with zero attached hydrogens (tertiary/aromatic N) is 1. The number of hydrogen-bond acceptors (Lipinski definition) is 4. The second-order valence-corrected chi connectivity index (χ2v) is 9.40. The third kappa shape index (κ3) is 3.40. The molecule has 1 aliphatic carbocycles. The number of H-pyrrole nitrogens is 1. The number of hydrogen-bond donors (Lipinski definition) is 4. The second kappa shape index (κ2) is 7.08. The fraction of sp³-hybridized carbons (Fsp3) is 0.591. The van der Waals surface area contributed by atoms with E-state index in [-0.39, 0.29) is 11.5 Å². The number of aromatic amines is 1. The average molecular weight is 388 g/mol. The quantitative estimate of drug-likeness (QED) is 0.649. The van der Waals surface area contributed by atoms with Gasteiger partial charge in [-0.2, -0.15) is 0 Å². The predicted molar refractivity (Wildman–Crippen MR) is 112 cm³/mol. The van der Waals surface area contributed by atoms with Crippen LogP contribution in [0, 0.1) is 13.8 Å². The number of nitrogens with one attached hydrogen (secondary N) is 2. The van der Waals surface area contributed by atoms with Crippen molar-refractivity contribution >= 4 is 5.69 Å². The minimum absolute atomic E-state index is 0.0806. The Morgan fingerprint density at radius 1 is 1.14 bits per heavy atom. The van der Waals surface area contributed by atoms with E-state index in [0.717, 1.165) is 22.5 Å². The van der Waals surface area contributed by atoms with Gasteiger partial charge in [-0.15, -0.1) is 0 Å². The van der Waals surface area contributed by atoms with Crippen molar-refractivity contribution in [1.29, 1.82) is 0 Å². The van der Waals surface area contributed by atoms with Crippen molar-refractivity contribution in [1.82, 2.24) is 9.78 Å². The standard InChI is InChI=1S/C22H33N3O3/c1-11(2)17-15(21(28)25(24-17)22(5,6)7)16-19(26)18(20(16)27)23-14-9-8-12(3)10-13(14)4/h8-11,16,18-20,23-24,26-27H,1-7H3. The summed E-state index contributed by atoms with van der Waals surface area (Å²) in [5.74, 6) is -0.523. The molecule has 6 heteroatoms. The van der Waals surface area contributed by atoms with E-state index in [2.05, 4.69) is 16.5 Å². The van der Waals surface area contributed by atoms with E-state index in [1.807, 2.05) is 60.6 Å². The molecule has 1 aliphatic rings. The third-order valence-corrected chi connectivity index (χ3v) is 5.71. The van der Waals surface area contributed by atoms with E-state index in [1.54, 1.807) is 4.68 Å². The van der Waals surface area contributed by atoms with Crippen molar-refractivity contribution in [2.45, 2.75) is 84.1 Å². The Morgan fingerprint density at radius 3 is 2.25 bits per heavy atom. The summed E-state index contributed by atoms with van der Waals surface area (Å²) in [6, 6.07) is 5.50. The van der Waals surface area contributed by atoms with Crippen molar-refractivity contribution in [2.24, 2.45) is 0 Å². The molecule has 0 saturated heterocycles. The Hall–Kier alpha value is -2.05. The molecule has 1 aromatic heterocycles. The van der Waals surface area contributed by atoms with Crippen LogP contribution in [0.25, 0.3) is 0 Å². The van der Waals surface area contributed by atoms with Gasteiger partial charge in [0, 0.05) is 22.9 Å². The first-order valence-electron chi connectivity index (χ1n) is 9.98. The molecule has 0 aliphatic heterocycles. The Labute approximate surface area is 166 Å². The molecule has 0 amide bonds. The van der Waals surface area contributed by atoms with Crippen LogP contribution in [-0.2, 0) is 5.54 Å². The Bertz CT molecular complexity index is 910. The van der Waals surface area contributed by atoms with Crippen molar-refractivity contribution in [2.75, 3.05) is 5.32 Å². The highest BCUT2D eigenvalue weighted by atomic mass is 16.3. The third-order valence-electron chi connectivity index (χ3n) is 5.71. The van der Waals surface area contributed by atoms with Gasteiger partial charge in [-0.3, -0.25) is 9.89 Å². The zero-order valence-corrected chi connectivity index (χ0v) is 17.9. The van der Waals surface area contributed by atoms with E-state index in [1.165, 1.54) is 0 Å². The number of aliphatic hydroxyl groups is 2. The monoisotopic (exact) mass is 387 g/mol. The van der Waals surface area contributed by atoms with E-state index in [9.17, 15) is 15.0 Å². The van der Waals surface area contributed by atoms with Gasteiger partial charge in [-0.25, -0.2) is 4.68 Å². The van der Waals surface area contributed by atoms with Gasteiger partial charge in [0.15, 0.2) is 0 Å². The number of aryl methyl sites for hydroxylation is 2. The van der Waals surface area contributed by atoms with Crippen LogP contribution >= 0.6 is 0 Å². The zero-order chi connectivity index (χ0) is 21.0. The normalized spacial score (nSPS) is 25.1. The number of rotatable bonds is 4. The van der Waals surface area contributed by atoms with Crippen LogP contribution < -0.4 is 10.9 Å². The fourth-order valence-electron chi connectivity index (χ4n) is 4.07. The minimum atomic E-state index is -0.842. The molecule has 2 unspecified atom stereocenters. The van der Waals surface area contributed by atoms with Gasteiger partial charge in [0.25, 0.3) is 5.56 Å². The lowest BCUT2D eigenvalue weighted by Crippen LogP contribution is -2.62. The molecule has 1 fully saturated rings. The highest BCUT2D eigenvalue weighted by molar-refractivity contribution is 5.54. The molecule has 2 aromatic rings. The molecule has 4 N–H and O–H groups in total.